The van der Waals surface area contributed by atoms with Crippen molar-refractivity contribution in [1.82, 2.24) is 25.4 Å². The first kappa shape index (κ1) is 12.6. The lowest BCUT2D eigenvalue weighted by Gasteiger charge is -2.23. The molecule has 1 saturated heterocycles. The molecule has 3 rings (SSSR count). The van der Waals surface area contributed by atoms with Crippen LogP contribution in [0.3, 0.4) is 0 Å². The Bertz CT molecular complexity index is 463. The van der Waals surface area contributed by atoms with Gasteiger partial charge in [-0.3, -0.25) is 4.79 Å². The molecule has 1 aliphatic carbocycles. The molecule has 1 aliphatic heterocycles. The molecule has 2 aliphatic rings. The van der Waals surface area contributed by atoms with Gasteiger partial charge in [0.25, 0.3) is 0 Å². The molecule has 2 fully saturated rings. The summed E-state index contributed by atoms with van der Waals surface area (Å²) in [5.41, 5.74) is 0.299. The van der Waals surface area contributed by atoms with Gasteiger partial charge in [-0.2, -0.15) is 0 Å². The number of carbonyl (C=O) groups is 1. The summed E-state index contributed by atoms with van der Waals surface area (Å²) in [4.78, 5) is 12.2. The van der Waals surface area contributed by atoms with Crippen LogP contribution in [-0.4, -0.2) is 33.8 Å². The Morgan fingerprint density at radius 1 is 1.58 bits per heavy atom. The van der Waals surface area contributed by atoms with Crippen LogP contribution in [0.15, 0.2) is 6.33 Å². The van der Waals surface area contributed by atoms with E-state index in [1.807, 2.05) is 11.5 Å². The van der Waals surface area contributed by atoms with Gasteiger partial charge in [-0.25, -0.2) is 0 Å². The molecule has 6 heteroatoms. The van der Waals surface area contributed by atoms with E-state index < -0.39 is 0 Å². The maximum absolute atomic E-state index is 12.2. The smallest absolute Gasteiger partial charge is 0.224 e. The number of amides is 1. The van der Waals surface area contributed by atoms with Gasteiger partial charge >= 0.3 is 0 Å². The number of aryl methyl sites for hydroxylation is 1. The van der Waals surface area contributed by atoms with Gasteiger partial charge < -0.3 is 15.2 Å². The summed E-state index contributed by atoms with van der Waals surface area (Å²) in [6, 6.07) is 0. The highest BCUT2D eigenvalue weighted by Crippen LogP contribution is 2.58. The number of nitrogens with zero attached hydrogens (tertiary/aromatic N) is 3. The lowest BCUT2D eigenvalue weighted by atomic mass is 9.92. The van der Waals surface area contributed by atoms with Crippen molar-refractivity contribution in [2.24, 2.45) is 11.3 Å². The van der Waals surface area contributed by atoms with Crippen molar-refractivity contribution in [3.63, 3.8) is 0 Å². The maximum Gasteiger partial charge on any atom is 0.224 e. The Morgan fingerprint density at radius 2 is 2.37 bits per heavy atom. The van der Waals surface area contributed by atoms with Crippen LogP contribution < -0.4 is 10.6 Å². The van der Waals surface area contributed by atoms with E-state index in [1.54, 1.807) is 6.33 Å². The molecular weight excluding hydrogens is 242 g/mol. The molecule has 0 aromatic carbocycles. The number of nitrogens with one attached hydrogen (secondary N) is 2. The van der Waals surface area contributed by atoms with E-state index in [9.17, 15) is 4.79 Å². The third-order valence-electron chi connectivity index (χ3n) is 4.56. The van der Waals surface area contributed by atoms with Gasteiger partial charge in [0, 0.05) is 12.5 Å². The zero-order valence-corrected chi connectivity index (χ0v) is 11.4. The molecule has 1 spiro atoms. The Labute approximate surface area is 113 Å². The van der Waals surface area contributed by atoms with Crippen molar-refractivity contribution in [2.45, 2.75) is 39.3 Å². The van der Waals surface area contributed by atoms with Crippen molar-refractivity contribution in [1.29, 1.82) is 0 Å². The fourth-order valence-corrected chi connectivity index (χ4v) is 3.16. The molecular formula is C13H21N5O. The van der Waals surface area contributed by atoms with Gasteiger partial charge in [0.05, 0.1) is 6.54 Å². The summed E-state index contributed by atoms with van der Waals surface area (Å²) in [7, 11) is 0. The van der Waals surface area contributed by atoms with Crippen LogP contribution >= 0.6 is 0 Å². The molecule has 0 bridgehead atoms. The minimum Gasteiger partial charge on any atom is -0.349 e. The monoisotopic (exact) mass is 263 g/mol. The molecule has 1 amide bonds. The van der Waals surface area contributed by atoms with Gasteiger partial charge in [-0.05, 0) is 44.7 Å². The average molecular weight is 263 g/mol. The Balaban J connectivity index is 1.53. The Morgan fingerprint density at radius 3 is 3.11 bits per heavy atom. The number of hydrogen-bond donors (Lipinski definition) is 2. The van der Waals surface area contributed by atoms with Crippen LogP contribution in [0.25, 0.3) is 0 Å². The first-order valence-corrected chi connectivity index (χ1v) is 7.10. The lowest BCUT2D eigenvalue weighted by molar-refractivity contribution is -0.123. The zero-order chi connectivity index (χ0) is 13.3. The second kappa shape index (κ2) is 4.92. The standard InChI is InChI=1S/C13H21N5O/c1-2-18-9-16-17-11(18)8-15-12(19)10-7-13(10)3-5-14-6-4-13/h9-10,14H,2-8H2,1H3,(H,15,19). The van der Waals surface area contributed by atoms with Gasteiger partial charge in [-0.1, -0.05) is 0 Å². The molecule has 1 aromatic heterocycles. The van der Waals surface area contributed by atoms with Crippen LogP contribution in [-0.2, 0) is 17.9 Å². The van der Waals surface area contributed by atoms with E-state index in [0.29, 0.717) is 12.0 Å². The molecule has 2 heterocycles. The van der Waals surface area contributed by atoms with Crippen LogP contribution in [0.1, 0.15) is 32.0 Å². The largest absolute Gasteiger partial charge is 0.349 e. The summed E-state index contributed by atoms with van der Waals surface area (Å²) in [5.74, 6) is 1.23. The maximum atomic E-state index is 12.2. The number of piperidine rings is 1. The predicted octanol–water partition coefficient (Wildman–Crippen LogP) is 0.304. The molecule has 0 radical (unpaired) electrons. The average Bonchev–Trinajstić information content (AvgIpc) is 2.94. The fraction of sp³-hybridized carbons (Fsp3) is 0.769. The van der Waals surface area contributed by atoms with Crippen molar-refractivity contribution in [2.75, 3.05) is 13.1 Å². The summed E-state index contributed by atoms with van der Waals surface area (Å²) >= 11 is 0. The van der Waals surface area contributed by atoms with E-state index in [0.717, 1.165) is 44.7 Å². The van der Waals surface area contributed by atoms with Crippen LogP contribution in [0.2, 0.25) is 0 Å². The van der Waals surface area contributed by atoms with Gasteiger partial charge in [0.15, 0.2) is 5.82 Å². The zero-order valence-electron chi connectivity index (χ0n) is 11.4. The van der Waals surface area contributed by atoms with Crippen molar-refractivity contribution in [3.8, 4) is 0 Å². The number of hydrogen-bond acceptors (Lipinski definition) is 4. The second-order valence-corrected chi connectivity index (χ2v) is 5.62. The molecule has 1 saturated carbocycles. The molecule has 1 aromatic rings. The SMILES string of the molecule is CCn1cnnc1CNC(=O)C1CC12CCNCC2. The molecule has 104 valence electrons. The van der Waals surface area contributed by atoms with E-state index in [4.69, 9.17) is 0 Å². The first-order chi connectivity index (χ1) is 9.25. The van der Waals surface area contributed by atoms with E-state index in [1.165, 1.54) is 0 Å². The first-order valence-electron chi connectivity index (χ1n) is 7.10. The second-order valence-electron chi connectivity index (χ2n) is 5.62. The normalized spacial score (nSPS) is 24.4. The van der Waals surface area contributed by atoms with Crippen LogP contribution in [0.5, 0.6) is 0 Å². The van der Waals surface area contributed by atoms with E-state index >= 15 is 0 Å². The summed E-state index contributed by atoms with van der Waals surface area (Å²) < 4.78 is 1.95. The van der Waals surface area contributed by atoms with Gasteiger partial charge in [0.1, 0.15) is 6.33 Å². The highest BCUT2D eigenvalue weighted by atomic mass is 16.2. The highest BCUT2D eigenvalue weighted by Gasteiger charge is 2.57. The fourth-order valence-electron chi connectivity index (χ4n) is 3.16. The van der Waals surface area contributed by atoms with Crippen LogP contribution in [0, 0.1) is 11.3 Å². The molecule has 1 unspecified atom stereocenters. The topological polar surface area (TPSA) is 71.8 Å². The van der Waals surface area contributed by atoms with Crippen LogP contribution in [0.4, 0.5) is 0 Å². The third-order valence-corrected chi connectivity index (χ3v) is 4.56. The highest BCUT2D eigenvalue weighted by molar-refractivity contribution is 5.82. The van der Waals surface area contributed by atoms with E-state index in [2.05, 4.69) is 20.8 Å². The molecule has 2 N–H and O–H groups in total. The van der Waals surface area contributed by atoms with Crippen molar-refractivity contribution in [3.05, 3.63) is 12.2 Å². The minimum absolute atomic E-state index is 0.188. The summed E-state index contributed by atoms with van der Waals surface area (Å²) in [5, 5.41) is 14.3. The molecule has 19 heavy (non-hydrogen) atoms. The number of rotatable bonds is 4. The molecule has 1 atom stereocenters. The summed E-state index contributed by atoms with van der Waals surface area (Å²) in [6.45, 7) is 5.45. The number of aromatic nitrogens is 3. The number of carbonyl (C=O) groups excluding carboxylic acids is 1. The summed E-state index contributed by atoms with van der Waals surface area (Å²) in [6.07, 6.45) is 5.03. The van der Waals surface area contributed by atoms with E-state index in [-0.39, 0.29) is 11.8 Å². The van der Waals surface area contributed by atoms with Gasteiger partial charge in [-0.15, -0.1) is 10.2 Å². The predicted molar refractivity (Wildman–Crippen MR) is 70.2 cm³/mol. The third kappa shape index (κ3) is 2.36. The van der Waals surface area contributed by atoms with Crippen molar-refractivity contribution >= 4 is 5.91 Å². The Kier molecular flexibility index (Phi) is 3.26. The molecule has 6 nitrogen and oxygen atoms in total. The lowest BCUT2D eigenvalue weighted by Crippen LogP contribution is -2.33. The minimum atomic E-state index is 0.188. The van der Waals surface area contributed by atoms with Crippen molar-refractivity contribution < 1.29 is 4.79 Å². The quantitative estimate of drug-likeness (QED) is 0.820. The van der Waals surface area contributed by atoms with Gasteiger partial charge in [0.2, 0.25) is 5.91 Å². The Hall–Kier alpha value is -1.43.